The molecule has 1 heterocycles. The molecule has 0 N–H and O–H groups in total. The van der Waals surface area contributed by atoms with E-state index in [1.165, 1.54) is 23.9 Å². The average Bonchev–Trinajstić information content (AvgIpc) is 2.89. The van der Waals surface area contributed by atoms with Crippen molar-refractivity contribution in [2.75, 3.05) is 7.11 Å². The van der Waals surface area contributed by atoms with Crippen molar-refractivity contribution in [2.45, 2.75) is 64.9 Å². The number of rotatable bonds is 12. The zero-order valence-electron chi connectivity index (χ0n) is 23.2. The Hall–Kier alpha value is -2.92. The summed E-state index contributed by atoms with van der Waals surface area (Å²) in [5.74, 6) is -0.249. The minimum absolute atomic E-state index is 0.239. The van der Waals surface area contributed by atoms with Gasteiger partial charge in [-0.3, -0.25) is 14.2 Å². The van der Waals surface area contributed by atoms with E-state index in [1.54, 1.807) is 7.11 Å². The van der Waals surface area contributed by atoms with Gasteiger partial charge in [0.1, 0.15) is 11.4 Å². The molecule has 0 aliphatic carbocycles. The summed E-state index contributed by atoms with van der Waals surface area (Å²) in [5.41, 5.74) is 0.607. The number of esters is 1. The minimum Gasteiger partial charge on any atom is -0.497 e. The lowest BCUT2D eigenvalue weighted by atomic mass is 9.92. The molecule has 0 aliphatic heterocycles. The summed E-state index contributed by atoms with van der Waals surface area (Å²) in [6.07, 6.45) is 2.61. The van der Waals surface area contributed by atoms with Gasteiger partial charge in [0.2, 0.25) is 0 Å². The fourth-order valence-electron chi connectivity index (χ4n) is 4.18. The number of nitrogens with zero attached hydrogens (tertiary/aromatic N) is 2. The molecule has 2 aromatic carbocycles. The van der Waals surface area contributed by atoms with Gasteiger partial charge in [-0.2, -0.15) is 0 Å². The van der Waals surface area contributed by atoms with Crippen LogP contribution in [0.2, 0.25) is 0 Å². The second-order valence-electron chi connectivity index (χ2n) is 10.5. The van der Waals surface area contributed by atoms with Crippen LogP contribution in [0.1, 0.15) is 44.7 Å². The van der Waals surface area contributed by atoms with Crippen molar-refractivity contribution >= 4 is 28.6 Å². The van der Waals surface area contributed by atoms with E-state index >= 15 is 0 Å². The largest absolute Gasteiger partial charge is 0.497 e. The standard InChI is InChI=1S/C30H37IN2O6/c1-30(2,3)39-28(35)25(16-18-33-19-17-27(34)32(4)29(33)36)26(15-10-21-6-11-23(31)12-7-21)38-20-22-8-13-24(37-5)14-9-22/h6-9,11-14,17,19,25-26H,10,15-16,18,20H2,1-5H3. The van der Waals surface area contributed by atoms with Crippen molar-refractivity contribution in [3.63, 3.8) is 0 Å². The molecule has 39 heavy (non-hydrogen) atoms. The van der Waals surface area contributed by atoms with Crippen molar-refractivity contribution in [3.8, 4) is 5.75 Å². The second-order valence-corrected chi connectivity index (χ2v) is 11.7. The third-order valence-electron chi connectivity index (χ3n) is 6.35. The molecule has 0 amide bonds. The number of carbonyl (C=O) groups is 1. The molecule has 0 radical (unpaired) electrons. The van der Waals surface area contributed by atoms with Gasteiger partial charge in [-0.25, -0.2) is 4.79 Å². The average molecular weight is 649 g/mol. The summed E-state index contributed by atoms with van der Waals surface area (Å²) in [5, 5.41) is 0. The quantitative estimate of drug-likeness (QED) is 0.209. The summed E-state index contributed by atoms with van der Waals surface area (Å²) in [6.45, 7) is 6.04. The van der Waals surface area contributed by atoms with E-state index < -0.39 is 23.3 Å². The first kappa shape index (κ1) is 30.6. The van der Waals surface area contributed by atoms with Crippen LogP contribution in [0.15, 0.2) is 70.4 Å². The molecule has 0 fully saturated rings. The third kappa shape index (κ3) is 9.35. The zero-order chi connectivity index (χ0) is 28.6. The Balaban J connectivity index is 1.88. The topological polar surface area (TPSA) is 88.8 Å². The van der Waals surface area contributed by atoms with Gasteiger partial charge < -0.3 is 18.8 Å². The normalized spacial score (nSPS) is 13.1. The molecular weight excluding hydrogens is 611 g/mol. The van der Waals surface area contributed by atoms with Gasteiger partial charge in [0.25, 0.3) is 5.56 Å². The molecule has 0 spiro atoms. The number of carbonyl (C=O) groups excluding carboxylic acids is 1. The van der Waals surface area contributed by atoms with Crippen molar-refractivity contribution in [1.29, 1.82) is 0 Å². The summed E-state index contributed by atoms with van der Waals surface area (Å²) >= 11 is 2.27. The second kappa shape index (κ2) is 13.9. The van der Waals surface area contributed by atoms with Crippen LogP contribution in [0.25, 0.3) is 0 Å². The van der Waals surface area contributed by atoms with Crippen molar-refractivity contribution in [3.05, 3.63) is 96.3 Å². The highest BCUT2D eigenvalue weighted by Gasteiger charge is 2.33. The molecule has 2 unspecified atom stereocenters. The van der Waals surface area contributed by atoms with Crippen LogP contribution in [0.3, 0.4) is 0 Å². The van der Waals surface area contributed by atoms with Crippen molar-refractivity contribution in [2.24, 2.45) is 13.0 Å². The van der Waals surface area contributed by atoms with Gasteiger partial charge in [-0.1, -0.05) is 24.3 Å². The number of benzene rings is 2. The molecule has 210 valence electrons. The van der Waals surface area contributed by atoms with E-state index in [9.17, 15) is 14.4 Å². The number of halogens is 1. The third-order valence-corrected chi connectivity index (χ3v) is 7.07. The van der Waals surface area contributed by atoms with Gasteiger partial charge in [0, 0.05) is 29.4 Å². The summed E-state index contributed by atoms with van der Waals surface area (Å²) in [7, 11) is 3.06. The van der Waals surface area contributed by atoms with E-state index in [1.807, 2.05) is 45.0 Å². The van der Waals surface area contributed by atoms with Crippen LogP contribution in [-0.4, -0.2) is 33.9 Å². The predicted octanol–water partition coefficient (Wildman–Crippen LogP) is 4.73. The van der Waals surface area contributed by atoms with E-state index in [0.29, 0.717) is 25.9 Å². The van der Waals surface area contributed by atoms with E-state index in [4.69, 9.17) is 14.2 Å². The molecule has 0 saturated carbocycles. The highest BCUT2D eigenvalue weighted by molar-refractivity contribution is 14.1. The maximum absolute atomic E-state index is 13.5. The maximum atomic E-state index is 13.5. The fraction of sp³-hybridized carbons (Fsp3) is 0.433. The Morgan fingerprint density at radius 1 is 0.949 bits per heavy atom. The monoisotopic (exact) mass is 648 g/mol. The molecule has 3 rings (SSSR count). The zero-order valence-corrected chi connectivity index (χ0v) is 25.3. The molecular formula is C30H37IN2O6. The number of ether oxygens (including phenoxy) is 3. The van der Waals surface area contributed by atoms with Crippen LogP contribution in [0, 0.1) is 9.49 Å². The lowest BCUT2D eigenvalue weighted by Crippen LogP contribution is -2.40. The Morgan fingerprint density at radius 3 is 2.21 bits per heavy atom. The highest BCUT2D eigenvalue weighted by atomic mass is 127. The summed E-state index contributed by atoms with van der Waals surface area (Å²) in [4.78, 5) is 38.0. The van der Waals surface area contributed by atoms with E-state index in [-0.39, 0.29) is 18.1 Å². The van der Waals surface area contributed by atoms with Crippen molar-refractivity contribution in [1.82, 2.24) is 9.13 Å². The van der Waals surface area contributed by atoms with Crippen LogP contribution >= 0.6 is 22.6 Å². The SMILES string of the molecule is COc1ccc(COC(CCc2ccc(I)cc2)C(CCn2ccc(=O)n(C)c2=O)C(=O)OC(C)(C)C)cc1. The molecule has 9 heteroatoms. The molecule has 8 nitrogen and oxygen atoms in total. The molecule has 0 bridgehead atoms. The smallest absolute Gasteiger partial charge is 0.330 e. The molecule has 0 aliphatic rings. The van der Waals surface area contributed by atoms with E-state index in [0.717, 1.165) is 25.0 Å². The van der Waals surface area contributed by atoms with Crippen LogP contribution < -0.4 is 16.0 Å². The first-order valence-corrected chi connectivity index (χ1v) is 14.0. The van der Waals surface area contributed by atoms with Crippen LogP contribution in [0.4, 0.5) is 0 Å². The van der Waals surface area contributed by atoms with Gasteiger partial charge in [0.05, 0.1) is 25.7 Å². The fourth-order valence-corrected chi connectivity index (χ4v) is 4.54. The first-order chi connectivity index (χ1) is 18.5. The number of hydrogen-bond donors (Lipinski definition) is 0. The van der Waals surface area contributed by atoms with Crippen LogP contribution in [0.5, 0.6) is 5.75 Å². The maximum Gasteiger partial charge on any atom is 0.330 e. The van der Waals surface area contributed by atoms with Gasteiger partial charge >= 0.3 is 11.7 Å². The van der Waals surface area contributed by atoms with Crippen LogP contribution in [-0.2, 0) is 40.9 Å². The van der Waals surface area contributed by atoms with Gasteiger partial charge in [-0.05, 0) is 98.0 Å². The Labute approximate surface area is 243 Å². The van der Waals surface area contributed by atoms with Crippen molar-refractivity contribution < 1.29 is 19.0 Å². The molecule has 2 atom stereocenters. The Morgan fingerprint density at radius 2 is 1.59 bits per heavy atom. The summed E-state index contributed by atoms with van der Waals surface area (Å²) < 4.78 is 21.1. The molecule has 1 aromatic heterocycles. The highest BCUT2D eigenvalue weighted by Crippen LogP contribution is 2.25. The minimum atomic E-state index is -0.681. The lowest BCUT2D eigenvalue weighted by Gasteiger charge is -2.30. The summed E-state index contributed by atoms with van der Waals surface area (Å²) in [6, 6.07) is 17.2. The Kier molecular flexibility index (Phi) is 10.9. The predicted molar refractivity (Wildman–Crippen MR) is 159 cm³/mol. The number of methoxy groups -OCH3 is 1. The molecule has 0 saturated heterocycles. The lowest BCUT2D eigenvalue weighted by molar-refractivity contribution is -0.167. The Bertz CT molecular complexity index is 1340. The van der Waals surface area contributed by atoms with Gasteiger partial charge in [0.15, 0.2) is 0 Å². The molecule has 3 aromatic rings. The van der Waals surface area contributed by atoms with E-state index in [2.05, 4.69) is 46.9 Å². The number of aromatic nitrogens is 2. The number of hydrogen-bond acceptors (Lipinski definition) is 6. The van der Waals surface area contributed by atoms with Gasteiger partial charge in [-0.15, -0.1) is 0 Å². The first-order valence-electron chi connectivity index (χ1n) is 12.9. The number of aryl methyl sites for hydroxylation is 2.